The SMILES string of the molecule is CC/C=C\C/C=C\C/C=C\C/C=C\C/C=C\CCCCCCCCCCCCCCCCCCCC(=O)OCC(COC(=O)CCCCC/C=C\C/C=C\C/C=C\CC)OC(=O)CCCCCCCCCCC/C=C\C/C=C\CCCCC. The van der Waals surface area contributed by atoms with Crippen LogP contribution in [-0.2, 0) is 28.6 Å². The Labute approximate surface area is 513 Å². The molecule has 0 radical (unpaired) electrons. The van der Waals surface area contributed by atoms with Gasteiger partial charge in [-0.1, -0.05) is 303 Å². The van der Waals surface area contributed by atoms with Crippen LogP contribution in [-0.4, -0.2) is 37.2 Å². The first-order chi connectivity index (χ1) is 41.0. The minimum Gasteiger partial charge on any atom is -0.462 e. The molecular formula is C77H130O6. The summed E-state index contributed by atoms with van der Waals surface area (Å²) in [6.07, 6.45) is 98.1. The van der Waals surface area contributed by atoms with Crippen LogP contribution in [0.15, 0.2) is 122 Å². The maximum Gasteiger partial charge on any atom is 0.306 e. The van der Waals surface area contributed by atoms with Crippen molar-refractivity contribution in [3.8, 4) is 0 Å². The normalized spacial score (nSPS) is 12.9. The van der Waals surface area contributed by atoms with Crippen molar-refractivity contribution in [1.29, 1.82) is 0 Å². The Bertz CT molecular complexity index is 1700. The third kappa shape index (κ3) is 68.5. The largest absolute Gasteiger partial charge is 0.462 e. The Morgan fingerprint density at radius 2 is 0.470 bits per heavy atom. The maximum absolute atomic E-state index is 12.9. The first-order valence-electron chi connectivity index (χ1n) is 35.0. The van der Waals surface area contributed by atoms with Crippen LogP contribution in [0.5, 0.6) is 0 Å². The zero-order valence-corrected chi connectivity index (χ0v) is 54.4. The predicted octanol–water partition coefficient (Wildman–Crippen LogP) is 24.3. The summed E-state index contributed by atoms with van der Waals surface area (Å²) in [5, 5.41) is 0. The molecule has 0 saturated carbocycles. The van der Waals surface area contributed by atoms with E-state index < -0.39 is 6.10 Å². The van der Waals surface area contributed by atoms with Gasteiger partial charge in [-0.15, -0.1) is 0 Å². The van der Waals surface area contributed by atoms with Crippen LogP contribution in [0.1, 0.15) is 329 Å². The van der Waals surface area contributed by atoms with Crippen molar-refractivity contribution in [1.82, 2.24) is 0 Å². The van der Waals surface area contributed by atoms with Crippen molar-refractivity contribution in [2.45, 2.75) is 335 Å². The van der Waals surface area contributed by atoms with Crippen LogP contribution in [0.4, 0.5) is 0 Å². The standard InChI is InChI=1S/C77H130O6/c1-4-7-10-13-16-19-22-25-27-29-31-32-33-34-35-36-37-38-39-40-41-42-43-44-46-47-49-52-55-58-61-64-67-70-76(79)82-73-74(72-81-75(78)69-66-63-60-57-54-51-24-21-18-15-12-9-6-3)83-77(80)71-68-65-62-59-56-53-50-48-45-30-28-26-23-20-17-14-11-8-5-2/h7,9-10,12,16-21,25-28,31-32,34-35,51,54,74H,4-6,8,11,13-15,22-24,29-30,33,36-50,52-53,55-73H2,1-3H3/b10-7-,12-9-,19-16-,20-17-,21-18-,27-25-,28-26-,32-31-,35-34-,54-51-. The minimum atomic E-state index is -0.795. The molecule has 6 heteroatoms. The minimum absolute atomic E-state index is 0.0882. The average molecular weight is 1150 g/mol. The van der Waals surface area contributed by atoms with E-state index in [0.29, 0.717) is 19.3 Å². The number of carbonyl (C=O) groups is 3. The lowest BCUT2D eigenvalue weighted by atomic mass is 10.0. The molecule has 0 aliphatic heterocycles. The Morgan fingerprint density at radius 3 is 0.747 bits per heavy atom. The van der Waals surface area contributed by atoms with Gasteiger partial charge >= 0.3 is 17.9 Å². The summed E-state index contributed by atoms with van der Waals surface area (Å²) in [5.74, 6) is -0.912. The van der Waals surface area contributed by atoms with Gasteiger partial charge in [-0.25, -0.2) is 0 Å². The fourth-order valence-corrected chi connectivity index (χ4v) is 9.75. The van der Waals surface area contributed by atoms with E-state index in [2.05, 4.69) is 142 Å². The molecule has 0 spiro atoms. The summed E-state index contributed by atoms with van der Waals surface area (Å²) in [7, 11) is 0. The number of esters is 3. The highest BCUT2D eigenvalue weighted by atomic mass is 16.6. The summed E-state index contributed by atoms with van der Waals surface area (Å²) < 4.78 is 16.9. The Hall–Kier alpha value is -4.19. The molecule has 0 N–H and O–H groups in total. The number of carbonyl (C=O) groups excluding carboxylic acids is 3. The number of rotatable bonds is 63. The number of hydrogen-bond donors (Lipinski definition) is 0. The second-order valence-corrected chi connectivity index (χ2v) is 23.0. The molecule has 0 saturated heterocycles. The fourth-order valence-electron chi connectivity index (χ4n) is 9.75. The predicted molar refractivity (Wildman–Crippen MR) is 362 cm³/mol. The topological polar surface area (TPSA) is 78.9 Å². The van der Waals surface area contributed by atoms with Gasteiger partial charge in [-0.05, 0) is 128 Å². The molecule has 0 aromatic rings. The second kappa shape index (κ2) is 70.3. The first kappa shape index (κ1) is 78.8. The zero-order valence-electron chi connectivity index (χ0n) is 54.4. The van der Waals surface area contributed by atoms with E-state index in [1.54, 1.807) is 0 Å². The van der Waals surface area contributed by atoms with E-state index in [1.165, 1.54) is 167 Å². The van der Waals surface area contributed by atoms with E-state index in [9.17, 15) is 14.4 Å². The summed E-state index contributed by atoms with van der Waals surface area (Å²) in [6.45, 7) is 6.39. The average Bonchev–Trinajstić information content (AvgIpc) is 3.49. The second-order valence-electron chi connectivity index (χ2n) is 23.0. The lowest BCUT2D eigenvalue weighted by molar-refractivity contribution is -0.167. The van der Waals surface area contributed by atoms with Gasteiger partial charge in [0.1, 0.15) is 13.2 Å². The summed E-state index contributed by atoms with van der Waals surface area (Å²) in [4.78, 5) is 38.4. The molecular weight excluding hydrogens is 1020 g/mol. The fraction of sp³-hybridized carbons (Fsp3) is 0.701. The molecule has 0 fully saturated rings. The Morgan fingerprint density at radius 1 is 0.253 bits per heavy atom. The maximum atomic E-state index is 12.9. The van der Waals surface area contributed by atoms with Crippen molar-refractivity contribution < 1.29 is 28.6 Å². The van der Waals surface area contributed by atoms with Crippen LogP contribution < -0.4 is 0 Å². The van der Waals surface area contributed by atoms with Crippen LogP contribution in [0.25, 0.3) is 0 Å². The molecule has 0 aromatic carbocycles. The van der Waals surface area contributed by atoms with Gasteiger partial charge in [0.25, 0.3) is 0 Å². The van der Waals surface area contributed by atoms with E-state index >= 15 is 0 Å². The number of ether oxygens (including phenoxy) is 3. The highest BCUT2D eigenvalue weighted by molar-refractivity contribution is 5.71. The van der Waals surface area contributed by atoms with Gasteiger partial charge in [0, 0.05) is 19.3 Å². The molecule has 0 aliphatic carbocycles. The molecule has 0 amide bonds. The lowest BCUT2D eigenvalue weighted by Gasteiger charge is -2.18. The molecule has 83 heavy (non-hydrogen) atoms. The highest BCUT2D eigenvalue weighted by Gasteiger charge is 2.19. The van der Waals surface area contributed by atoms with Gasteiger partial charge in [0.2, 0.25) is 0 Å². The van der Waals surface area contributed by atoms with Crippen molar-refractivity contribution in [3.63, 3.8) is 0 Å². The van der Waals surface area contributed by atoms with Gasteiger partial charge in [0.05, 0.1) is 0 Å². The number of allylic oxidation sites excluding steroid dienone is 20. The van der Waals surface area contributed by atoms with Crippen LogP contribution in [0, 0.1) is 0 Å². The molecule has 6 nitrogen and oxygen atoms in total. The molecule has 474 valence electrons. The third-order valence-electron chi connectivity index (χ3n) is 14.9. The van der Waals surface area contributed by atoms with Crippen LogP contribution in [0.3, 0.4) is 0 Å². The third-order valence-corrected chi connectivity index (χ3v) is 14.9. The van der Waals surface area contributed by atoms with E-state index in [0.717, 1.165) is 122 Å². The number of hydrogen-bond acceptors (Lipinski definition) is 6. The molecule has 1 atom stereocenters. The summed E-state index contributed by atoms with van der Waals surface area (Å²) in [6, 6.07) is 0. The molecule has 0 rings (SSSR count). The molecule has 0 heterocycles. The van der Waals surface area contributed by atoms with Crippen molar-refractivity contribution >= 4 is 17.9 Å². The summed E-state index contributed by atoms with van der Waals surface area (Å²) >= 11 is 0. The number of unbranched alkanes of at least 4 members (excludes halogenated alkanes) is 32. The van der Waals surface area contributed by atoms with E-state index in [1.807, 2.05) is 0 Å². The molecule has 0 bridgehead atoms. The van der Waals surface area contributed by atoms with E-state index in [-0.39, 0.29) is 31.1 Å². The lowest BCUT2D eigenvalue weighted by Crippen LogP contribution is -2.30. The van der Waals surface area contributed by atoms with Crippen LogP contribution in [0.2, 0.25) is 0 Å². The Kier molecular flexibility index (Phi) is 66.7. The van der Waals surface area contributed by atoms with Gasteiger partial charge in [0.15, 0.2) is 6.10 Å². The quantitative estimate of drug-likeness (QED) is 0.0261. The monoisotopic (exact) mass is 1150 g/mol. The Balaban J connectivity index is 4.21. The highest BCUT2D eigenvalue weighted by Crippen LogP contribution is 2.17. The van der Waals surface area contributed by atoms with Gasteiger partial charge < -0.3 is 14.2 Å². The molecule has 1 unspecified atom stereocenters. The van der Waals surface area contributed by atoms with Crippen molar-refractivity contribution in [2.24, 2.45) is 0 Å². The van der Waals surface area contributed by atoms with Crippen LogP contribution >= 0.6 is 0 Å². The smallest absolute Gasteiger partial charge is 0.306 e. The first-order valence-corrected chi connectivity index (χ1v) is 35.0. The van der Waals surface area contributed by atoms with Gasteiger partial charge in [-0.3, -0.25) is 14.4 Å². The van der Waals surface area contributed by atoms with Crippen molar-refractivity contribution in [2.75, 3.05) is 13.2 Å². The van der Waals surface area contributed by atoms with Gasteiger partial charge in [-0.2, -0.15) is 0 Å². The molecule has 0 aliphatic rings. The van der Waals surface area contributed by atoms with Crippen molar-refractivity contribution in [3.05, 3.63) is 122 Å². The summed E-state index contributed by atoms with van der Waals surface area (Å²) in [5.41, 5.74) is 0. The molecule has 0 aromatic heterocycles. The van der Waals surface area contributed by atoms with E-state index in [4.69, 9.17) is 14.2 Å². The zero-order chi connectivity index (χ0) is 59.9.